The summed E-state index contributed by atoms with van der Waals surface area (Å²) in [6.07, 6.45) is 4.58. The van der Waals surface area contributed by atoms with Crippen LogP contribution in [-0.2, 0) is 6.54 Å². The zero-order valence-electron chi connectivity index (χ0n) is 13.9. The summed E-state index contributed by atoms with van der Waals surface area (Å²) < 4.78 is 8.97. The average molecular weight is 419 g/mol. The number of hydrogen-bond donors (Lipinski definition) is 0. The van der Waals surface area contributed by atoms with Crippen molar-refractivity contribution in [2.24, 2.45) is 0 Å². The second-order valence-corrected chi connectivity index (χ2v) is 7.33. The van der Waals surface area contributed by atoms with Crippen LogP contribution in [-0.4, -0.2) is 32.1 Å². The predicted octanol–water partition coefficient (Wildman–Crippen LogP) is 4.68. The quantitative estimate of drug-likeness (QED) is 0.392. The maximum atomic E-state index is 5.78. The minimum absolute atomic E-state index is 0.616. The van der Waals surface area contributed by atoms with Gasteiger partial charge in [-0.3, -0.25) is 4.98 Å². The molecule has 0 saturated carbocycles. The van der Waals surface area contributed by atoms with Crippen molar-refractivity contribution in [1.29, 1.82) is 0 Å². The number of aromatic nitrogens is 4. The van der Waals surface area contributed by atoms with Gasteiger partial charge in [-0.15, -0.1) is 10.2 Å². The van der Waals surface area contributed by atoms with Gasteiger partial charge >= 0.3 is 0 Å². The average Bonchev–Trinajstić information content (AvgIpc) is 3.03. The van der Waals surface area contributed by atoms with Gasteiger partial charge in [0.05, 0.1) is 6.61 Å². The lowest BCUT2D eigenvalue weighted by Gasteiger charge is -2.09. The second-order valence-electron chi connectivity index (χ2n) is 5.35. The Kier molecular flexibility index (Phi) is 6.47. The van der Waals surface area contributed by atoms with Crippen molar-refractivity contribution in [3.05, 3.63) is 53.3 Å². The van der Waals surface area contributed by atoms with E-state index in [4.69, 9.17) is 4.74 Å². The minimum Gasteiger partial charge on any atom is -0.493 e. The van der Waals surface area contributed by atoms with E-state index in [0.717, 1.165) is 45.5 Å². The molecule has 2 heterocycles. The fourth-order valence-electron chi connectivity index (χ4n) is 2.38. The van der Waals surface area contributed by atoms with Crippen molar-refractivity contribution in [1.82, 2.24) is 19.7 Å². The van der Waals surface area contributed by atoms with Crippen LogP contribution < -0.4 is 4.74 Å². The molecule has 1 aromatic carbocycles. The fourth-order valence-corrected chi connectivity index (χ4v) is 3.54. The SMILES string of the molecule is CCCn1c(SCCOc2cccc(Br)c2)nnc1-c1ccncc1. The lowest BCUT2D eigenvalue weighted by atomic mass is 10.2. The highest BCUT2D eigenvalue weighted by Crippen LogP contribution is 2.24. The molecular formula is C18H19BrN4OS. The third-order valence-corrected chi connectivity index (χ3v) is 4.91. The van der Waals surface area contributed by atoms with Gasteiger partial charge in [0.1, 0.15) is 5.75 Å². The van der Waals surface area contributed by atoms with Gasteiger partial charge in [0.15, 0.2) is 11.0 Å². The summed E-state index contributed by atoms with van der Waals surface area (Å²) in [4.78, 5) is 4.07. The second kappa shape index (κ2) is 9.01. The van der Waals surface area contributed by atoms with E-state index in [9.17, 15) is 0 Å². The highest BCUT2D eigenvalue weighted by molar-refractivity contribution is 9.10. The lowest BCUT2D eigenvalue weighted by Crippen LogP contribution is -2.04. The number of hydrogen-bond acceptors (Lipinski definition) is 5. The van der Waals surface area contributed by atoms with Crippen LogP contribution in [0.15, 0.2) is 58.4 Å². The third kappa shape index (κ3) is 4.83. The molecule has 0 radical (unpaired) electrons. The topological polar surface area (TPSA) is 52.8 Å². The van der Waals surface area contributed by atoms with Crippen LogP contribution in [0, 0.1) is 0 Å². The largest absolute Gasteiger partial charge is 0.493 e. The first-order valence-electron chi connectivity index (χ1n) is 8.12. The minimum atomic E-state index is 0.616. The number of thioether (sulfide) groups is 1. The highest BCUT2D eigenvalue weighted by Gasteiger charge is 2.13. The molecule has 0 atom stereocenters. The van der Waals surface area contributed by atoms with Crippen LogP contribution in [0.1, 0.15) is 13.3 Å². The highest BCUT2D eigenvalue weighted by atomic mass is 79.9. The van der Waals surface area contributed by atoms with E-state index in [1.165, 1.54) is 0 Å². The molecule has 3 rings (SSSR count). The molecule has 0 aliphatic heterocycles. The first-order chi connectivity index (χ1) is 12.3. The van der Waals surface area contributed by atoms with Gasteiger partial charge in [0, 0.05) is 34.7 Å². The molecule has 3 aromatic rings. The monoisotopic (exact) mass is 418 g/mol. The third-order valence-electron chi connectivity index (χ3n) is 3.48. The van der Waals surface area contributed by atoms with E-state index in [0.29, 0.717) is 6.61 Å². The summed E-state index contributed by atoms with van der Waals surface area (Å²) in [7, 11) is 0. The summed E-state index contributed by atoms with van der Waals surface area (Å²) in [6.45, 7) is 3.66. The van der Waals surface area contributed by atoms with Gasteiger partial charge < -0.3 is 9.30 Å². The van der Waals surface area contributed by atoms with Crippen molar-refractivity contribution in [2.45, 2.75) is 25.0 Å². The molecule has 130 valence electrons. The standard InChI is InChI=1S/C18H19BrN4OS/c1-2-10-23-17(14-6-8-20-9-7-14)21-22-18(23)25-12-11-24-16-5-3-4-15(19)13-16/h3-9,13H,2,10-12H2,1H3. The summed E-state index contributed by atoms with van der Waals surface area (Å²) in [5.41, 5.74) is 1.04. The molecule has 0 N–H and O–H groups in total. The van der Waals surface area contributed by atoms with E-state index < -0.39 is 0 Å². The van der Waals surface area contributed by atoms with Crippen LogP contribution in [0.4, 0.5) is 0 Å². The van der Waals surface area contributed by atoms with E-state index in [1.807, 2.05) is 36.4 Å². The Labute approximate surface area is 160 Å². The number of pyridine rings is 1. The Morgan fingerprint density at radius 2 is 2.00 bits per heavy atom. The molecule has 0 fully saturated rings. The fraction of sp³-hybridized carbons (Fsp3) is 0.278. The molecule has 0 aliphatic carbocycles. The molecule has 0 saturated heterocycles. The van der Waals surface area contributed by atoms with Crippen molar-refractivity contribution in [2.75, 3.05) is 12.4 Å². The molecule has 5 nitrogen and oxygen atoms in total. The molecular weight excluding hydrogens is 400 g/mol. The zero-order valence-corrected chi connectivity index (χ0v) is 16.3. The maximum absolute atomic E-state index is 5.78. The van der Waals surface area contributed by atoms with E-state index in [1.54, 1.807) is 24.2 Å². The maximum Gasteiger partial charge on any atom is 0.191 e. The van der Waals surface area contributed by atoms with Crippen LogP contribution in [0.3, 0.4) is 0 Å². The van der Waals surface area contributed by atoms with Gasteiger partial charge in [0.25, 0.3) is 0 Å². The van der Waals surface area contributed by atoms with Crippen LogP contribution >= 0.6 is 27.7 Å². The van der Waals surface area contributed by atoms with Gasteiger partial charge in [-0.25, -0.2) is 0 Å². The van der Waals surface area contributed by atoms with E-state index in [-0.39, 0.29) is 0 Å². The summed E-state index contributed by atoms with van der Waals surface area (Å²) in [5.74, 6) is 2.56. The smallest absolute Gasteiger partial charge is 0.191 e. The molecule has 7 heteroatoms. The van der Waals surface area contributed by atoms with Crippen molar-refractivity contribution < 1.29 is 4.74 Å². The Hall–Kier alpha value is -1.86. The Morgan fingerprint density at radius 1 is 1.16 bits per heavy atom. The molecule has 2 aromatic heterocycles. The lowest BCUT2D eigenvalue weighted by molar-refractivity contribution is 0.343. The molecule has 25 heavy (non-hydrogen) atoms. The number of rotatable bonds is 8. The number of benzene rings is 1. The molecule has 0 aliphatic rings. The van der Waals surface area contributed by atoms with Gasteiger partial charge in [0.2, 0.25) is 0 Å². The number of halogens is 1. The molecule has 0 amide bonds. The summed E-state index contributed by atoms with van der Waals surface area (Å²) in [6, 6.07) is 11.8. The van der Waals surface area contributed by atoms with E-state index in [2.05, 4.69) is 42.6 Å². The number of ether oxygens (including phenoxy) is 1. The zero-order chi connectivity index (χ0) is 17.5. The Bertz CT molecular complexity index is 810. The Morgan fingerprint density at radius 3 is 2.76 bits per heavy atom. The summed E-state index contributed by atoms with van der Waals surface area (Å²) >= 11 is 5.11. The van der Waals surface area contributed by atoms with E-state index >= 15 is 0 Å². The Balaban J connectivity index is 1.63. The van der Waals surface area contributed by atoms with Gasteiger partial charge in [-0.2, -0.15) is 0 Å². The predicted molar refractivity (Wildman–Crippen MR) is 104 cm³/mol. The van der Waals surface area contributed by atoms with Crippen molar-refractivity contribution in [3.63, 3.8) is 0 Å². The van der Waals surface area contributed by atoms with Crippen LogP contribution in [0.2, 0.25) is 0 Å². The summed E-state index contributed by atoms with van der Waals surface area (Å²) in [5, 5.41) is 9.66. The molecule has 0 bridgehead atoms. The van der Waals surface area contributed by atoms with Crippen molar-refractivity contribution in [3.8, 4) is 17.1 Å². The van der Waals surface area contributed by atoms with Crippen LogP contribution in [0.5, 0.6) is 5.75 Å². The first-order valence-corrected chi connectivity index (χ1v) is 9.90. The first kappa shape index (κ1) is 17.9. The van der Waals surface area contributed by atoms with Crippen LogP contribution in [0.25, 0.3) is 11.4 Å². The van der Waals surface area contributed by atoms with Gasteiger partial charge in [-0.1, -0.05) is 40.7 Å². The van der Waals surface area contributed by atoms with Crippen molar-refractivity contribution >= 4 is 27.7 Å². The molecule has 0 unspecified atom stereocenters. The number of nitrogens with zero attached hydrogens (tertiary/aromatic N) is 4. The van der Waals surface area contributed by atoms with Gasteiger partial charge in [-0.05, 0) is 36.8 Å². The normalized spacial score (nSPS) is 10.8. The molecule has 0 spiro atoms.